The van der Waals surface area contributed by atoms with E-state index in [0.717, 1.165) is 0 Å². The molecule has 0 saturated carbocycles. The standard InChI is InChI=1S/2H3N.H4O8P2/c;;1-7-10(5,6)8-9(2,3)4/h2*1H3;1H,(H,5,6)(H2,2,3,4). The average molecular weight is 228 g/mol. The molecule has 0 saturated heterocycles. The molecule has 12 heteroatoms. The lowest BCUT2D eigenvalue weighted by molar-refractivity contribution is -0.157. The van der Waals surface area contributed by atoms with Gasteiger partial charge in [-0.25, -0.2) is 14.4 Å². The van der Waals surface area contributed by atoms with E-state index >= 15 is 0 Å². The van der Waals surface area contributed by atoms with Crippen molar-refractivity contribution in [3.8, 4) is 0 Å². The first-order valence-electron chi connectivity index (χ1n) is 1.70. The summed E-state index contributed by atoms with van der Waals surface area (Å²) < 4.78 is 25.5. The monoisotopic (exact) mass is 228 g/mol. The Labute approximate surface area is 67.1 Å². The molecule has 0 aliphatic carbocycles. The van der Waals surface area contributed by atoms with Crippen LogP contribution in [0.3, 0.4) is 0 Å². The summed E-state index contributed by atoms with van der Waals surface area (Å²) in [5.74, 6) is 0. The minimum Gasteiger partial charge on any atom is -0.344 e. The Morgan fingerprint density at radius 1 is 1.00 bits per heavy atom. The molecule has 0 aromatic heterocycles. The van der Waals surface area contributed by atoms with Crippen LogP contribution in [0.2, 0.25) is 0 Å². The first kappa shape index (κ1) is 18.0. The lowest BCUT2D eigenvalue weighted by Gasteiger charge is -2.06. The van der Waals surface area contributed by atoms with Crippen molar-refractivity contribution < 1.29 is 38.1 Å². The molecule has 0 fully saturated rings. The first-order chi connectivity index (χ1) is 4.27. The highest BCUT2D eigenvalue weighted by Crippen LogP contribution is 2.56. The maximum atomic E-state index is 9.97. The minimum absolute atomic E-state index is 0. The van der Waals surface area contributed by atoms with Crippen molar-refractivity contribution in [3.63, 3.8) is 0 Å². The lowest BCUT2D eigenvalue weighted by Crippen LogP contribution is -1.89. The van der Waals surface area contributed by atoms with Gasteiger partial charge in [-0.3, -0.25) is 0 Å². The van der Waals surface area contributed by atoms with Crippen molar-refractivity contribution in [1.82, 2.24) is 12.3 Å². The van der Waals surface area contributed by atoms with Gasteiger partial charge in [-0.2, -0.15) is 4.31 Å². The second-order valence-electron chi connectivity index (χ2n) is 1.12. The Balaban J connectivity index is -0.000000405. The van der Waals surface area contributed by atoms with Gasteiger partial charge in [0, 0.05) is 0 Å². The first-order valence-corrected chi connectivity index (χ1v) is 4.72. The molecule has 0 aromatic rings. The van der Waals surface area contributed by atoms with Crippen LogP contribution in [0.1, 0.15) is 0 Å². The molecule has 0 heterocycles. The molecule has 0 aliphatic heterocycles. The van der Waals surface area contributed by atoms with E-state index in [9.17, 15) is 9.13 Å². The highest BCUT2D eigenvalue weighted by molar-refractivity contribution is 7.60. The van der Waals surface area contributed by atoms with Crippen LogP contribution in [0.25, 0.3) is 0 Å². The summed E-state index contributed by atoms with van der Waals surface area (Å²) in [6.45, 7) is 0. The van der Waals surface area contributed by atoms with Gasteiger partial charge >= 0.3 is 15.6 Å². The van der Waals surface area contributed by atoms with Crippen molar-refractivity contribution in [2.24, 2.45) is 0 Å². The van der Waals surface area contributed by atoms with Crippen molar-refractivity contribution in [2.45, 2.75) is 0 Å². The van der Waals surface area contributed by atoms with Gasteiger partial charge in [0.2, 0.25) is 0 Å². The molecule has 10 nitrogen and oxygen atoms in total. The molecule has 1 unspecified atom stereocenters. The maximum absolute atomic E-state index is 9.97. The van der Waals surface area contributed by atoms with E-state index in [4.69, 9.17) is 19.9 Å². The summed E-state index contributed by atoms with van der Waals surface area (Å²) in [6, 6.07) is 0. The highest BCUT2D eigenvalue weighted by atomic mass is 31.3. The van der Waals surface area contributed by atoms with E-state index in [0.29, 0.717) is 0 Å². The molecule has 12 heavy (non-hydrogen) atoms. The maximum Gasteiger partial charge on any atom is 0.508 e. The second kappa shape index (κ2) is 5.73. The Morgan fingerprint density at radius 2 is 1.33 bits per heavy atom. The number of rotatable bonds is 3. The third kappa shape index (κ3) is 10.1. The molecule has 0 bridgehead atoms. The summed E-state index contributed by atoms with van der Waals surface area (Å²) in [6.07, 6.45) is 0. The summed E-state index contributed by atoms with van der Waals surface area (Å²) in [4.78, 5) is 23.7. The van der Waals surface area contributed by atoms with Gasteiger partial charge in [-0.1, -0.05) is 0 Å². The largest absolute Gasteiger partial charge is 0.508 e. The molecule has 0 aliphatic rings. The predicted octanol–water partition coefficient (Wildman–Crippen LogP) is 0.00970. The van der Waals surface area contributed by atoms with Gasteiger partial charge in [0.1, 0.15) is 0 Å². The van der Waals surface area contributed by atoms with Gasteiger partial charge in [-0.15, -0.1) is 4.67 Å². The van der Waals surface area contributed by atoms with Crippen LogP contribution in [0.5, 0.6) is 0 Å². The van der Waals surface area contributed by atoms with E-state index < -0.39 is 15.6 Å². The van der Waals surface area contributed by atoms with Gasteiger partial charge in [0.25, 0.3) is 0 Å². The fourth-order valence-corrected chi connectivity index (χ4v) is 1.34. The van der Waals surface area contributed by atoms with Crippen LogP contribution in [0.4, 0.5) is 0 Å². The zero-order chi connectivity index (χ0) is 8.41. The Morgan fingerprint density at radius 3 is 1.42 bits per heavy atom. The minimum atomic E-state index is -5.10. The van der Waals surface area contributed by atoms with Crippen LogP contribution in [0.15, 0.2) is 0 Å². The summed E-state index contributed by atoms with van der Waals surface area (Å²) in [7, 11) is -10.1. The average Bonchev–Trinajstić information content (AvgIpc) is 1.60. The van der Waals surface area contributed by atoms with E-state index in [1.165, 1.54) is 0 Å². The smallest absolute Gasteiger partial charge is 0.344 e. The van der Waals surface area contributed by atoms with Crippen molar-refractivity contribution >= 4 is 15.6 Å². The molecule has 0 spiro atoms. The molecule has 10 N–H and O–H groups in total. The summed E-state index contributed by atoms with van der Waals surface area (Å²) >= 11 is 0. The van der Waals surface area contributed by atoms with Crippen molar-refractivity contribution in [1.29, 1.82) is 0 Å². The van der Waals surface area contributed by atoms with Gasteiger partial charge in [0.15, 0.2) is 0 Å². The number of phosphoric acid groups is 2. The van der Waals surface area contributed by atoms with Gasteiger partial charge < -0.3 is 27.0 Å². The van der Waals surface area contributed by atoms with E-state index in [2.05, 4.69) is 8.99 Å². The Bertz CT molecular complexity index is 193. The third-order valence-electron chi connectivity index (χ3n) is 0.313. The molecule has 0 rings (SSSR count). The van der Waals surface area contributed by atoms with Crippen LogP contribution >= 0.6 is 15.6 Å². The second-order valence-corrected chi connectivity index (χ2v) is 3.86. The number of hydrogen-bond acceptors (Lipinski definition) is 7. The van der Waals surface area contributed by atoms with E-state index in [-0.39, 0.29) is 12.3 Å². The zero-order valence-corrected chi connectivity index (χ0v) is 7.52. The quantitative estimate of drug-likeness (QED) is 0.216. The fourth-order valence-electron chi connectivity index (χ4n) is 0.149. The van der Waals surface area contributed by atoms with Gasteiger partial charge in [0.05, 0.1) is 0 Å². The SMILES string of the molecule is N.N.O=P(O)(O)OP(=O)(O)OO. The van der Waals surface area contributed by atoms with Crippen LogP contribution < -0.4 is 12.3 Å². The summed E-state index contributed by atoms with van der Waals surface area (Å²) in [5.41, 5.74) is 0. The molecule has 1 atom stereocenters. The zero-order valence-electron chi connectivity index (χ0n) is 5.73. The Hall–Kier alpha value is 0.140. The van der Waals surface area contributed by atoms with Crippen LogP contribution in [0, 0.1) is 0 Å². The molecule has 0 radical (unpaired) electrons. The summed E-state index contributed by atoms with van der Waals surface area (Å²) in [5, 5.41) is 7.48. The van der Waals surface area contributed by atoms with Gasteiger partial charge in [-0.05, 0) is 0 Å². The number of hydrogen-bond donors (Lipinski definition) is 6. The molecule has 0 aromatic carbocycles. The normalized spacial score (nSPS) is 15.3. The molecule has 78 valence electrons. The fraction of sp³-hybridized carbons (Fsp3) is 0. The lowest BCUT2D eigenvalue weighted by atomic mass is 14.0. The highest BCUT2D eigenvalue weighted by Gasteiger charge is 2.32. The van der Waals surface area contributed by atoms with Crippen LogP contribution in [-0.2, 0) is 18.1 Å². The topological polar surface area (TPSA) is 204 Å². The van der Waals surface area contributed by atoms with Crippen LogP contribution in [-0.4, -0.2) is 19.9 Å². The molecular formula is H10N2O8P2. The van der Waals surface area contributed by atoms with Crippen molar-refractivity contribution in [3.05, 3.63) is 0 Å². The van der Waals surface area contributed by atoms with E-state index in [1.54, 1.807) is 0 Å². The van der Waals surface area contributed by atoms with Crippen molar-refractivity contribution in [2.75, 3.05) is 0 Å². The molecular weight excluding hydrogens is 218 g/mol. The third-order valence-corrected chi connectivity index (χ3v) is 2.20. The Kier molecular flexibility index (Phi) is 8.61. The molecule has 0 amide bonds. The van der Waals surface area contributed by atoms with E-state index in [1.807, 2.05) is 0 Å². The predicted molar refractivity (Wildman–Crippen MR) is 36.7 cm³/mol.